The van der Waals surface area contributed by atoms with E-state index in [9.17, 15) is 15.3 Å². The maximum absolute atomic E-state index is 11.2. The number of anilines is 1. The van der Waals surface area contributed by atoms with Crippen molar-refractivity contribution >= 4 is 41.0 Å². The summed E-state index contributed by atoms with van der Waals surface area (Å²) in [6, 6.07) is 12.1. The van der Waals surface area contributed by atoms with E-state index in [0.29, 0.717) is 5.69 Å². The number of aliphatic imine (C=N–C) groups is 1. The van der Waals surface area contributed by atoms with E-state index in [-0.39, 0.29) is 17.7 Å². The number of amides is 1. The van der Waals surface area contributed by atoms with Crippen LogP contribution in [-0.2, 0) is 4.79 Å². The van der Waals surface area contributed by atoms with E-state index in [0.717, 1.165) is 17.1 Å². The Hall–Kier alpha value is -2.16. The number of thioether (sulfide) groups is 2. The Morgan fingerprint density at radius 3 is 2.26 bits per heavy atom. The molecule has 27 heavy (non-hydrogen) atoms. The van der Waals surface area contributed by atoms with Gasteiger partial charge in [0.25, 0.3) is 0 Å². The zero-order valence-corrected chi connectivity index (χ0v) is 17.1. The van der Waals surface area contributed by atoms with Gasteiger partial charge in [0, 0.05) is 18.5 Å². The molecule has 1 heterocycles. The third-order valence-corrected chi connectivity index (χ3v) is 8.07. The smallest absolute Gasteiger partial charge is 0.221 e. The fourth-order valence-electron chi connectivity index (χ4n) is 4.21. The molecule has 0 unspecified atom stereocenters. The maximum Gasteiger partial charge on any atom is 0.221 e. The van der Waals surface area contributed by atoms with Gasteiger partial charge in [-0.05, 0) is 29.2 Å². The first-order chi connectivity index (χ1) is 12.9. The minimum atomic E-state index is -1.11. The van der Waals surface area contributed by atoms with E-state index < -0.39 is 15.0 Å². The van der Waals surface area contributed by atoms with E-state index in [1.165, 1.54) is 6.92 Å². The molecular weight excluding hydrogens is 378 g/mol. The standard InChI is InChI=1S/C19H21N5OS2/c1-4-26-19(27-5-2)18(11-21)15(17(18,10-20)16(22)24-19)13-6-8-14(9-7-13)23-12(3)25/h6-9,15H,4-5H2,1-3H3,(H2,22,24)(H,23,25)/t15-,17-,18-/m0/s1. The van der Waals surface area contributed by atoms with Crippen LogP contribution in [0.4, 0.5) is 5.69 Å². The van der Waals surface area contributed by atoms with Crippen LogP contribution in [0.25, 0.3) is 0 Å². The number of nitriles is 2. The number of nitrogens with two attached hydrogens (primary N) is 1. The second kappa shape index (κ2) is 6.78. The lowest BCUT2D eigenvalue weighted by molar-refractivity contribution is -0.114. The molecule has 0 spiro atoms. The van der Waals surface area contributed by atoms with Gasteiger partial charge in [-0.1, -0.05) is 26.0 Å². The van der Waals surface area contributed by atoms with Gasteiger partial charge in [-0.2, -0.15) is 10.5 Å². The number of hydrogen-bond acceptors (Lipinski definition) is 7. The van der Waals surface area contributed by atoms with Gasteiger partial charge in [0.15, 0.2) is 4.20 Å². The Kier molecular flexibility index (Phi) is 4.92. The quantitative estimate of drug-likeness (QED) is 0.709. The molecule has 1 fully saturated rings. The number of carbonyl (C=O) groups excluding carboxylic acids is 1. The van der Waals surface area contributed by atoms with Crippen molar-refractivity contribution in [3.05, 3.63) is 29.8 Å². The molecule has 140 valence electrons. The molecule has 3 N–H and O–H groups in total. The summed E-state index contributed by atoms with van der Waals surface area (Å²) in [4.78, 5) is 15.9. The molecule has 1 aliphatic heterocycles. The zero-order valence-electron chi connectivity index (χ0n) is 15.4. The van der Waals surface area contributed by atoms with Crippen LogP contribution in [0.1, 0.15) is 32.3 Å². The van der Waals surface area contributed by atoms with Gasteiger partial charge >= 0.3 is 0 Å². The third kappa shape index (κ3) is 2.40. The van der Waals surface area contributed by atoms with Crippen molar-refractivity contribution in [1.82, 2.24) is 0 Å². The Morgan fingerprint density at radius 1 is 1.22 bits per heavy atom. The predicted molar refractivity (Wildman–Crippen MR) is 110 cm³/mol. The normalized spacial score (nSPS) is 29.8. The van der Waals surface area contributed by atoms with Gasteiger partial charge in [0.2, 0.25) is 5.91 Å². The molecule has 1 saturated carbocycles. The van der Waals surface area contributed by atoms with Crippen molar-refractivity contribution in [2.45, 2.75) is 30.9 Å². The summed E-state index contributed by atoms with van der Waals surface area (Å²) < 4.78 is -0.786. The number of amidine groups is 1. The minimum absolute atomic E-state index is 0.151. The predicted octanol–water partition coefficient (Wildman–Crippen LogP) is 3.29. The van der Waals surface area contributed by atoms with Crippen LogP contribution in [0.5, 0.6) is 0 Å². The molecule has 1 aromatic carbocycles. The lowest BCUT2D eigenvalue weighted by atomic mass is 9.97. The van der Waals surface area contributed by atoms with Crippen LogP contribution in [0.3, 0.4) is 0 Å². The van der Waals surface area contributed by atoms with E-state index in [2.05, 4.69) is 22.4 Å². The first-order valence-corrected chi connectivity index (χ1v) is 10.7. The van der Waals surface area contributed by atoms with Gasteiger partial charge < -0.3 is 11.1 Å². The van der Waals surface area contributed by atoms with E-state index >= 15 is 0 Å². The number of nitrogens with zero attached hydrogens (tertiary/aromatic N) is 3. The Labute approximate surface area is 167 Å². The Balaban J connectivity index is 2.10. The van der Waals surface area contributed by atoms with Crippen molar-refractivity contribution in [3.8, 4) is 12.1 Å². The van der Waals surface area contributed by atoms with Gasteiger partial charge in [0.1, 0.15) is 16.7 Å². The topological polar surface area (TPSA) is 115 Å². The summed E-state index contributed by atoms with van der Waals surface area (Å²) >= 11 is 3.15. The van der Waals surface area contributed by atoms with Gasteiger partial charge in [-0.3, -0.25) is 4.79 Å². The average molecular weight is 400 g/mol. The van der Waals surface area contributed by atoms with Crippen molar-refractivity contribution in [3.63, 3.8) is 0 Å². The highest BCUT2D eigenvalue weighted by atomic mass is 32.2. The molecule has 1 aromatic rings. The Morgan fingerprint density at radius 2 is 1.81 bits per heavy atom. The van der Waals surface area contributed by atoms with Crippen molar-refractivity contribution < 1.29 is 4.79 Å². The van der Waals surface area contributed by atoms with Crippen LogP contribution in [0.2, 0.25) is 0 Å². The molecular formula is C19H21N5OS2. The molecule has 0 bridgehead atoms. The molecule has 8 heteroatoms. The number of hydrogen-bond donors (Lipinski definition) is 2. The van der Waals surface area contributed by atoms with Crippen molar-refractivity contribution in [2.75, 3.05) is 16.8 Å². The molecule has 3 rings (SSSR count). The van der Waals surface area contributed by atoms with E-state index in [1.807, 2.05) is 26.0 Å². The largest absolute Gasteiger partial charge is 0.386 e. The molecule has 3 atom stereocenters. The van der Waals surface area contributed by atoms with Crippen LogP contribution in [0, 0.1) is 33.5 Å². The second-order valence-corrected chi connectivity index (χ2v) is 9.69. The molecule has 0 aromatic heterocycles. The highest BCUT2D eigenvalue weighted by Gasteiger charge is 2.91. The average Bonchev–Trinajstić information content (AvgIpc) is 3.21. The number of benzene rings is 1. The van der Waals surface area contributed by atoms with Gasteiger partial charge in [-0.15, -0.1) is 23.5 Å². The highest BCUT2D eigenvalue weighted by Crippen LogP contribution is 2.85. The molecule has 6 nitrogen and oxygen atoms in total. The van der Waals surface area contributed by atoms with Gasteiger partial charge in [0.05, 0.1) is 12.1 Å². The summed E-state index contributed by atoms with van der Waals surface area (Å²) in [6.07, 6.45) is 0. The number of nitrogens with one attached hydrogen (secondary N) is 1. The molecule has 0 radical (unpaired) electrons. The van der Waals surface area contributed by atoms with E-state index in [1.54, 1.807) is 35.7 Å². The number of rotatable bonds is 6. The summed E-state index contributed by atoms with van der Waals surface area (Å²) in [6.45, 7) is 5.49. The molecule has 1 aliphatic carbocycles. The van der Waals surface area contributed by atoms with Crippen LogP contribution in [0.15, 0.2) is 29.3 Å². The first-order valence-electron chi connectivity index (χ1n) is 8.72. The van der Waals surface area contributed by atoms with E-state index in [4.69, 9.17) is 5.73 Å². The number of carbonyl (C=O) groups is 1. The summed E-state index contributed by atoms with van der Waals surface area (Å²) in [7, 11) is 0. The van der Waals surface area contributed by atoms with Crippen LogP contribution in [-0.4, -0.2) is 27.5 Å². The second-order valence-electron chi connectivity index (χ2n) is 6.52. The van der Waals surface area contributed by atoms with Gasteiger partial charge in [-0.25, -0.2) is 4.99 Å². The summed E-state index contributed by atoms with van der Waals surface area (Å²) in [5.74, 6) is 1.29. The highest BCUT2D eigenvalue weighted by molar-refractivity contribution is 8.18. The lowest BCUT2D eigenvalue weighted by Gasteiger charge is -2.31. The molecule has 1 amide bonds. The maximum atomic E-state index is 11.2. The van der Waals surface area contributed by atoms with Crippen LogP contribution < -0.4 is 11.1 Å². The first kappa shape index (κ1) is 19.6. The molecule has 0 saturated heterocycles. The summed E-state index contributed by atoms with van der Waals surface area (Å²) in [5.41, 5.74) is 5.70. The van der Waals surface area contributed by atoms with Crippen molar-refractivity contribution in [2.24, 2.45) is 21.6 Å². The SMILES string of the molecule is CCSC1(SCC)N=C(N)[C@]2(C#N)[C@H](c3ccc(NC(C)=O)cc3)[C@]12C#N. The van der Waals surface area contributed by atoms with Crippen molar-refractivity contribution in [1.29, 1.82) is 10.5 Å². The third-order valence-electron chi connectivity index (χ3n) is 5.17. The number of fused-ring (bicyclic) bond motifs is 1. The lowest BCUT2D eigenvalue weighted by Crippen LogP contribution is -2.31. The minimum Gasteiger partial charge on any atom is -0.386 e. The Bertz CT molecular complexity index is 879. The fraction of sp³-hybridized carbons (Fsp3) is 0.474. The molecule has 2 aliphatic rings. The zero-order chi connectivity index (χ0) is 19.9. The summed E-state index contributed by atoms with van der Waals surface area (Å²) in [5, 5.41) is 23.1. The fourth-order valence-corrected chi connectivity index (χ4v) is 7.46. The monoisotopic (exact) mass is 399 g/mol. The van der Waals surface area contributed by atoms with Crippen LogP contribution >= 0.6 is 23.5 Å².